The Hall–Kier alpha value is -3.94. The fourth-order valence-corrected chi connectivity index (χ4v) is 3.60. The Morgan fingerprint density at radius 1 is 1.07 bits per heavy atom. The third-order valence-electron chi connectivity index (χ3n) is 5.07. The average Bonchev–Trinajstić information content (AvgIpc) is 3.16. The van der Waals surface area contributed by atoms with E-state index in [2.05, 4.69) is 20.3 Å². The summed E-state index contributed by atoms with van der Waals surface area (Å²) in [5.41, 5.74) is 4.44. The third-order valence-corrected chi connectivity index (χ3v) is 5.07. The molecular formula is C22H17FN6O. The van der Waals surface area contributed by atoms with E-state index in [0.29, 0.717) is 24.1 Å². The number of aromatic nitrogens is 6. The lowest BCUT2D eigenvalue weighted by atomic mass is 10.0. The monoisotopic (exact) mass is 400 g/mol. The quantitative estimate of drug-likeness (QED) is 0.463. The molecule has 0 aliphatic rings. The summed E-state index contributed by atoms with van der Waals surface area (Å²) >= 11 is 0. The summed E-state index contributed by atoms with van der Waals surface area (Å²) in [6.45, 7) is 2.38. The zero-order chi connectivity index (χ0) is 20.7. The number of nitrogens with zero attached hydrogens (tertiary/aromatic N) is 6. The van der Waals surface area contributed by atoms with Gasteiger partial charge in [0.25, 0.3) is 5.56 Å². The van der Waals surface area contributed by atoms with Crippen molar-refractivity contribution in [1.82, 2.24) is 29.4 Å². The van der Waals surface area contributed by atoms with Crippen LogP contribution in [0.25, 0.3) is 27.8 Å². The second-order valence-electron chi connectivity index (χ2n) is 6.96. The van der Waals surface area contributed by atoms with Gasteiger partial charge in [0.2, 0.25) is 0 Å². The highest BCUT2D eigenvalue weighted by Crippen LogP contribution is 2.29. The molecule has 0 aliphatic heterocycles. The lowest BCUT2D eigenvalue weighted by Gasteiger charge is -2.07. The fourth-order valence-electron chi connectivity index (χ4n) is 3.60. The van der Waals surface area contributed by atoms with E-state index in [4.69, 9.17) is 0 Å². The molecule has 0 N–H and O–H groups in total. The van der Waals surface area contributed by atoms with Gasteiger partial charge < -0.3 is 4.57 Å². The zero-order valence-electron chi connectivity index (χ0n) is 16.2. The van der Waals surface area contributed by atoms with Crippen LogP contribution in [0.2, 0.25) is 0 Å². The second kappa shape index (κ2) is 7.14. The van der Waals surface area contributed by atoms with Crippen LogP contribution >= 0.6 is 0 Å². The largest absolute Gasteiger partial charge is 0.309 e. The van der Waals surface area contributed by atoms with Gasteiger partial charge in [-0.3, -0.25) is 9.78 Å². The highest BCUT2D eigenvalue weighted by molar-refractivity contribution is 5.84. The first-order valence-corrected chi connectivity index (χ1v) is 9.58. The molecule has 0 saturated carbocycles. The van der Waals surface area contributed by atoms with Crippen LogP contribution in [-0.2, 0) is 13.0 Å². The molecule has 4 heterocycles. The number of rotatable bonds is 4. The minimum atomic E-state index is -0.307. The Morgan fingerprint density at radius 2 is 1.90 bits per heavy atom. The maximum Gasteiger partial charge on any atom is 0.280 e. The van der Waals surface area contributed by atoms with Gasteiger partial charge in [0, 0.05) is 18.6 Å². The van der Waals surface area contributed by atoms with Gasteiger partial charge in [0.05, 0.1) is 17.8 Å². The second-order valence-corrected chi connectivity index (χ2v) is 6.96. The van der Waals surface area contributed by atoms with Gasteiger partial charge >= 0.3 is 0 Å². The molecule has 1 aromatic carbocycles. The first-order chi connectivity index (χ1) is 14.7. The predicted octanol–water partition coefficient (Wildman–Crippen LogP) is 3.25. The van der Waals surface area contributed by atoms with Crippen LogP contribution in [0.15, 0.2) is 65.8 Å². The average molecular weight is 400 g/mol. The van der Waals surface area contributed by atoms with Gasteiger partial charge in [-0.25, -0.2) is 8.91 Å². The summed E-state index contributed by atoms with van der Waals surface area (Å²) < 4.78 is 16.6. The van der Waals surface area contributed by atoms with Crippen LogP contribution in [0.3, 0.4) is 0 Å². The Morgan fingerprint density at radius 3 is 2.63 bits per heavy atom. The van der Waals surface area contributed by atoms with E-state index in [1.165, 1.54) is 12.1 Å². The molecule has 0 amide bonds. The molecule has 148 valence electrons. The van der Waals surface area contributed by atoms with Crippen molar-refractivity contribution in [3.8, 4) is 11.1 Å². The predicted molar refractivity (Wildman–Crippen MR) is 111 cm³/mol. The number of hydrogen-bond donors (Lipinski definition) is 0. The zero-order valence-corrected chi connectivity index (χ0v) is 16.2. The Bertz CT molecular complexity index is 1420. The number of hydrogen-bond acceptors (Lipinski definition) is 5. The van der Waals surface area contributed by atoms with Crippen molar-refractivity contribution < 1.29 is 4.39 Å². The van der Waals surface area contributed by atoms with Crippen molar-refractivity contribution in [3.63, 3.8) is 0 Å². The van der Waals surface area contributed by atoms with Crippen molar-refractivity contribution in [2.75, 3.05) is 0 Å². The molecule has 4 aromatic heterocycles. The summed E-state index contributed by atoms with van der Waals surface area (Å²) in [4.78, 5) is 17.1. The minimum absolute atomic E-state index is 0.240. The summed E-state index contributed by atoms with van der Waals surface area (Å²) in [5.74, 6) is -0.307. The van der Waals surface area contributed by atoms with E-state index in [9.17, 15) is 9.18 Å². The maximum atomic E-state index is 13.4. The third kappa shape index (κ3) is 2.93. The molecule has 0 aliphatic carbocycles. The van der Waals surface area contributed by atoms with Crippen molar-refractivity contribution in [3.05, 3.63) is 88.5 Å². The molecule has 7 nitrogen and oxygen atoms in total. The number of fused-ring (bicyclic) bond motifs is 3. The van der Waals surface area contributed by atoms with Crippen LogP contribution in [0, 0.1) is 5.82 Å². The fraction of sp³-hybridized carbons (Fsp3) is 0.136. The topological polar surface area (TPSA) is 78.0 Å². The molecule has 0 fully saturated rings. The van der Waals surface area contributed by atoms with E-state index in [-0.39, 0.29) is 16.9 Å². The lowest BCUT2D eigenvalue weighted by Crippen LogP contribution is -2.22. The highest BCUT2D eigenvalue weighted by atomic mass is 19.1. The van der Waals surface area contributed by atoms with Crippen LogP contribution in [-0.4, -0.2) is 29.4 Å². The van der Waals surface area contributed by atoms with Gasteiger partial charge in [-0.05, 0) is 41.8 Å². The van der Waals surface area contributed by atoms with Crippen LogP contribution < -0.4 is 5.56 Å². The van der Waals surface area contributed by atoms with Crippen molar-refractivity contribution in [1.29, 1.82) is 0 Å². The Kier molecular flexibility index (Phi) is 4.31. The maximum absolute atomic E-state index is 13.4. The summed E-state index contributed by atoms with van der Waals surface area (Å²) in [5, 5.41) is 13.2. The number of halogens is 1. The summed E-state index contributed by atoms with van der Waals surface area (Å²) in [6.07, 6.45) is 5.80. The van der Waals surface area contributed by atoms with Crippen molar-refractivity contribution in [2.24, 2.45) is 0 Å². The summed E-state index contributed by atoms with van der Waals surface area (Å²) in [6, 6.07) is 11.8. The van der Waals surface area contributed by atoms with Crippen LogP contribution in [0.4, 0.5) is 4.39 Å². The van der Waals surface area contributed by atoms with Gasteiger partial charge in [-0.15, -0.1) is 10.2 Å². The molecule has 0 saturated heterocycles. The van der Waals surface area contributed by atoms with E-state index in [0.717, 1.165) is 22.4 Å². The van der Waals surface area contributed by atoms with E-state index in [1.807, 2.05) is 25.1 Å². The van der Waals surface area contributed by atoms with E-state index >= 15 is 0 Å². The molecular weight excluding hydrogens is 383 g/mol. The SMILES string of the molecule is CCc1nn2c(nnc3c(=O)n(Cc4cccnc4)ccc32)c1-c1ccc(F)cc1. The van der Waals surface area contributed by atoms with Gasteiger partial charge in [0.1, 0.15) is 11.3 Å². The van der Waals surface area contributed by atoms with Gasteiger partial charge in [-0.2, -0.15) is 5.10 Å². The number of benzene rings is 1. The highest BCUT2D eigenvalue weighted by Gasteiger charge is 2.18. The Labute approximate surface area is 170 Å². The van der Waals surface area contributed by atoms with Crippen LogP contribution in [0.1, 0.15) is 18.2 Å². The molecule has 5 rings (SSSR count). The molecule has 8 heteroatoms. The normalized spacial score (nSPS) is 11.4. The van der Waals surface area contributed by atoms with E-state index < -0.39 is 0 Å². The first kappa shape index (κ1) is 18.1. The van der Waals surface area contributed by atoms with Gasteiger partial charge in [-0.1, -0.05) is 25.1 Å². The smallest absolute Gasteiger partial charge is 0.280 e. The lowest BCUT2D eigenvalue weighted by molar-refractivity contribution is 0.628. The molecule has 0 atom stereocenters. The molecule has 0 radical (unpaired) electrons. The summed E-state index contributed by atoms with van der Waals surface area (Å²) in [7, 11) is 0. The molecule has 0 unspecified atom stereocenters. The standard InChI is InChI=1S/C22H17FN6O/c1-2-17-19(15-5-7-16(23)8-6-15)21-26-25-20-18(29(21)27-17)9-11-28(22(20)30)13-14-4-3-10-24-12-14/h3-12H,2,13H2,1H3. The van der Waals surface area contributed by atoms with Crippen molar-refractivity contribution in [2.45, 2.75) is 19.9 Å². The molecule has 0 spiro atoms. The van der Waals surface area contributed by atoms with Crippen molar-refractivity contribution >= 4 is 16.7 Å². The Balaban J connectivity index is 1.70. The van der Waals surface area contributed by atoms with Crippen LogP contribution in [0.5, 0.6) is 0 Å². The number of aryl methyl sites for hydroxylation is 1. The first-order valence-electron chi connectivity index (χ1n) is 9.58. The molecule has 30 heavy (non-hydrogen) atoms. The van der Waals surface area contributed by atoms with Gasteiger partial charge in [0.15, 0.2) is 11.2 Å². The van der Waals surface area contributed by atoms with E-state index in [1.54, 1.807) is 39.8 Å². The molecule has 5 aromatic rings. The molecule has 0 bridgehead atoms. The minimum Gasteiger partial charge on any atom is -0.309 e. The number of pyridine rings is 2.